The summed E-state index contributed by atoms with van der Waals surface area (Å²) in [5.41, 5.74) is 2.98. The first-order valence-electron chi connectivity index (χ1n) is 4.65. The second-order valence-electron chi connectivity index (χ2n) is 3.43. The molecule has 0 aliphatic carbocycles. The van der Waals surface area contributed by atoms with Crippen molar-refractivity contribution >= 4 is 15.9 Å². The molecule has 3 nitrogen and oxygen atoms in total. The van der Waals surface area contributed by atoms with Crippen LogP contribution in [0.1, 0.15) is 17.0 Å². The largest absolute Gasteiger partial charge is 0.340 e. The second-order valence-corrected chi connectivity index (χ2v) is 4.55. The molecule has 0 aliphatic heterocycles. The molecule has 0 saturated heterocycles. The van der Waals surface area contributed by atoms with Crippen molar-refractivity contribution in [1.82, 2.24) is 9.88 Å². The fourth-order valence-corrected chi connectivity index (χ4v) is 1.58. The van der Waals surface area contributed by atoms with Crippen molar-refractivity contribution in [1.29, 1.82) is 5.26 Å². The highest BCUT2D eigenvalue weighted by atomic mass is 79.9. The van der Waals surface area contributed by atoms with Crippen molar-refractivity contribution in [2.75, 3.05) is 6.54 Å². The zero-order valence-corrected chi connectivity index (χ0v) is 10.6. The van der Waals surface area contributed by atoms with Crippen LogP contribution in [0.4, 0.5) is 0 Å². The van der Waals surface area contributed by atoms with Gasteiger partial charge in [0.1, 0.15) is 11.8 Å². The standard InChI is InChI=1S/C11H14BrN3/c1-8(12)6-14-7-10-4-11(5-13)15(3)9(10)2/h4,14H,1,6-7H2,2-3H3. The van der Waals surface area contributed by atoms with Gasteiger partial charge in [-0.05, 0) is 18.6 Å². The van der Waals surface area contributed by atoms with Crippen LogP contribution in [0.3, 0.4) is 0 Å². The van der Waals surface area contributed by atoms with Crippen LogP contribution in [0.2, 0.25) is 0 Å². The van der Waals surface area contributed by atoms with Gasteiger partial charge in [-0.2, -0.15) is 5.26 Å². The van der Waals surface area contributed by atoms with Crippen LogP contribution < -0.4 is 5.32 Å². The quantitative estimate of drug-likeness (QED) is 0.909. The van der Waals surface area contributed by atoms with Crippen molar-refractivity contribution in [3.63, 3.8) is 0 Å². The third-order valence-corrected chi connectivity index (χ3v) is 2.67. The Morgan fingerprint density at radius 1 is 1.73 bits per heavy atom. The van der Waals surface area contributed by atoms with Crippen molar-refractivity contribution in [2.24, 2.45) is 7.05 Å². The van der Waals surface area contributed by atoms with E-state index in [9.17, 15) is 0 Å². The lowest BCUT2D eigenvalue weighted by atomic mass is 10.2. The van der Waals surface area contributed by atoms with Crippen LogP contribution in [0, 0.1) is 18.3 Å². The molecule has 1 N–H and O–H groups in total. The van der Waals surface area contributed by atoms with Crippen LogP contribution in [-0.4, -0.2) is 11.1 Å². The summed E-state index contributed by atoms with van der Waals surface area (Å²) in [6, 6.07) is 4.08. The molecule has 0 atom stereocenters. The molecule has 1 aromatic rings. The molecule has 0 spiro atoms. The van der Waals surface area contributed by atoms with E-state index in [1.165, 1.54) is 0 Å². The lowest BCUT2D eigenvalue weighted by Gasteiger charge is -2.03. The summed E-state index contributed by atoms with van der Waals surface area (Å²) >= 11 is 3.29. The van der Waals surface area contributed by atoms with Crippen LogP contribution in [0.15, 0.2) is 17.1 Å². The fourth-order valence-electron chi connectivity index (χ4n) is 1.38. The van der Waals surface area contributed by atoms with E-state index in [0.717, 1.165) is 28.8 Å². The van der Waals surface area contributed by atoms with Gasteiger partial charge in [0, 0.05) is 30.3 Å². The maximum Gasteiger partial charge on any atom is 0.120 e. The molecular formula is C11H14BrN3. The summed E-state index contributed by atoms with van der Waals surface area (Å²) in [6.07, 6.45) is 0. The van der Waals surface area contributed by atoms with Crippen molar-refractivity contribution in [2.45, 2.75) is 13.5 Å². The molecule has 15 heavy (non-hydrogen) atoms. The van der Waals surface area contributed by atoms with Gasteiger partial charge in [0.25, 0.3) is 0 Å². The molecule has 1 rings (SSSR count). The van der Waals surface area contributed by atoms with Gasteiger partial charge < -0.3 is 9.88 Å². The van der Waals surface area contributed by atoms with Gasteiger partial charge in [0.05, 0.1) is 0 Å². The molecule has 4 heteroatoms. The summed E-state index contributed by atoms with van der Waals surface area (Å²) in [5.74, 6) is 0. The Hall–Kier alpha value is -1.05. The monoisotopic (exact) mass is 267 g/mol. The molecule has 80 valence electrons. The van der Waals surface area contributed by atoms with Gasteiger partial charge in [-0.25, -0.2) is 0 Å². The van der Waals surface area contributed by atoms with E-state index >= 15 is 0 Å². The Morgan fingerprint density at radius 3 is 2.87 bits per heavy atom. The summed E-state index contributed by atoms with van der Waals surface area (Å²) in [6.45, 7) is 7.25. The Kier molecular flexibility index (Phi) is 4.13. The molecule has 0 aromatic carbocycles. The minimum Gasteiger partial charge on any atom is -0.340 e. The van der Waals surface area contributed by atoms with E-state index in [4.69, 9.17) is 5.26 Å². The molecule has 0 radical (unpaired) electrons. The van der Waals surface area contributed by atoms with E-state index in [1.54, 1.807) is 0 Å². The van der Waals surface area contributed by atoms with Crippen LogP contribution in [0.5, 0.6) is 0 Å². The van der Waals surface area contributed by atoms with E-state index in [1.807, 2.05) is 24.6 Å². The molecule has 1 heterocycles. The summed E-state index contributed by atoms with van der Waals surface area (Å²) in [4.78, 5) is 0. The van der Waals surface area contributed by atoms with E-state index < -0.39 is 0 Å². The van der Waals surface area contributed by atoms with E-state index in [-0.39, 0.29) is 0 Å². The topological polar surface area (TPSA) is 40.8 Å². The zero-order chi connectivity index (χ0) is 11.4. The lowest BCUT2D eigenvalue weighted by molar-refractivity contribution is 0.745. The summed E-state index contributed by atoms with van der Waals surface area (Å²) in [5, 5.41) is 12.1. The first-order valence-corrected chi connectivity index (χ1v) is 5.45. The SMILES string of the molecule is C=C(Br)CNCc1cc(C#N)n(C)c1C. The number of hydrogen-bond donors (Lipinski definition) is 1. The predicted molar refractivity (Wildman–Crippen MR) is 64.6 cm³/mol. The van der Waals surface area contributed by atoms with Gasteiger partial charge >= 0.3 is 0 Å². The normalized spacial score (nSPS) is 10.0. The number of rotatable bonds is 4. The first-order chi connectivity index (χ1) is 7.06. The van der Waals surface area contributed by atoms with Crippen molar-refractivity contribution in [3.8, 4) is 6.07 Å². The number of nitriles is 1. The highest BCUT2D eigenvalue weighted by Crippen LogP contribution is 2.13. The minimum atomic E-state index is 0.696. The smallest absolute Gasteiger partial charge is 0.120 e. The van der Waals surface area contributed by atoms with Crippen LogP contribution in [0.25, 0.3) is 0 Å². The van der Waals surface area contributed by atoms with Gasteiger partial charge in [0.2, 0.25) is 0 Å². The first kappa shape index (κ1) is 12.0. The van der Waals surface area contributed by atoms with Gasteiger partial charge in [-0.15, -0.1) is 0 Å². The Labute approximate surface area is 98.5 Å². The molecule has 0 unspecified atom stereocenters. The lowest BCUT2D eigenvalue weighted by Crippen LogP contribution is -2.14. The van der Waals surface area contributed by atoms with Crippen molar-refractivity contribution < 1.29 is 0 Å². The number of aromatic nitrogens is 1. The molecule has 1 aromatic heterocycles. The Balaban J connectivity index is 2.70. The third kappa shape index (κ3) is 2.95. The van der Waals surface area contributed by atoms with Gasteiger partial charge in [0.15, 0.2) is 0 Å². The predicted octanol–water partition coefficient (Wildman–Crippen LogP) is 2.20. The Morgan fingerprint density at radius 2 is 2.40 bits per heavy atom. The molecule has 0 bridgehead atoms. The molecule has 0 saturated carbocycles. The minimum absolute atomic E-state index is 0.696. The molecule has 0 fully saturated rings. The molecule has 0 aliphatic rings. The van der Waals surface area contributed by atoms with Crippen LogP contribution >= 0.6 is 15.9 Å². The average Bonchev–Trinajstić information content (AvgIpc) is 2.45. The van der Waals surface area contributed by atoms with Gasteiger partial charge in [-0.3, -0.25) is 0 Å². The molecule has 0 amide bonds. The fraction of sp³-hybridized carbons (Fsp3) is 0.364. The molecular weight excluding hydrogens is 254 g/mol. The maximum absolute atomic E-state index is 8.86. The average molecular weight is 268 g/mol. The van der Waals surface area contributed by atoms with Gasteiger partial charge in [-0.1, -0.05) is 22.5 Å². The summed E-state index contributed by atoms with van der Waals surface area (Å²) in [7, 11) is 1.90. The maximum atomic E-state index is 8.86. The summed E-state index contributed by atoms with van der Waals surface area (Å²) < 4.78 is 2.83. The number of halogens is 1. The number of hydrogen-bond acceptors (Lipinski definition) is 2. The third-order valence-electron chi connectivity index (χ3n) is 2.39. The highest BCUT2D eigenvalue weighted by molar-refractivity contribution is 9.11. The zero-order valence-electron chi connectivity index (χ0n) is 8.97. The van der Waals surface area contributed by atoms with Crippen LogP contribution in [-0.2, 0) is 13.6 Å². The highest BCUT2D eigenvalue weighted by Gasteiger charge is 2.07. The Bertz CT molecular complexity index is 412. The second kappa shape index (κ2) is 5.15. The number of nitrogens with zero attached hydrogens (tertiary/aromatic N) is 2. The van der Waals surface area contributed by atoms with Crippen molar-refractivity contribution in [3.05, 3.63) is 34.1 Å². The number of nitrogens with one attached hydrogen (secondary N) is 1. The van der Waals surface area contributed by atoms with E-state index in [2.05, 4.69) is 33.9 Å². The van der Waals surface area contributed by atoms with E-state index in [0.29, 0.717) is 5.69 Å².